The van der Waals surface area contributed by atoms with Crippen molar-refractivity contribution in [2.45, 2.75) is 31.1 Å². The third-order valence-electron chi connectivity index (χ3n) is 3.99. The summed E-state index contributed by atoms with van der Waals surface area (Å²) in [6, 6.07) is 13.6. The minimum Gasteiger partial charge on any atom is -0.212 e. The van der Waals surface area contributed by atoms with Gasteiger partial charge in [-0.05, 0) is 36.5 Å². The number of sulfonamides is 1. The highest BCUT2D eigenvalue weighted by Crippen LogP contribution is 2.30. The number of halogens is 1. The number of nitrogens with one attached hydrogen (secondary N) is 1. The fraction of sp³-hybridized carbons (Fsp3) is 0.294. The van der Waals surface area contributed by atoms with Gasteiger partial charge >= 0.3 is 0 Å². The van der Waals surface area contributed by atoms with Gasteiger partial charge in [0, 0.05) is 11.6 Å². The van der Waals surface area contributed by atoms with E-state index in [1.807, 2.05) is 24.3 Å². The number of hydrogen-bond acceptors (Lipinski definition) is 2. The van der Waals surface area contributed by atoms with E-state index in [0.717, 1.165) is 24.8 Å². The van der Waals surface area contributed by atoms with Gasteiger partial charge in [-0.2, -0.15) is 0 Å². The van der Waals surface area contributed by atoms with E-state index in [-0.39, 0.29) is 17.4 Å². The highest BCUT2D eigenvalue weighted by atomic mass is 32.2. The maximum absolute atomic E-state index is 13.6. The maximum atomic E-state index is 13.6. The molecule has 0 amide bonds. The molecule has 2 aromatic carbocycles. The largest absolute Gasteiger partial charge is 0.216 e. The van der Waals surface area contributed by atoms with E-state index in [0.29, 0.717) is 0 Å². The van der Waals surface area contributed by atoms with Crippen LogP contribution < -0.4 is 4.72 Å². The standard InChI is InChI=1S/C17H18FNO2S/c18-16-10-4-2-7-14(16)12-22(20,21)19-17-11-5-8-13-6-1-3-9-15(13)17/h1-4,6-7,9-10,17,19H,5,8,11-12H2/t17-/m1/s1. The van der Waals surface area contributed by atoms with Crippen LogP contribution in [0.1, 0.15) is 35.6 Å². The van der Waals surface area contributed by atoms with Crippen LogP contribution in [0, 0.1) is 5.82 Å². The quantitative estimate of drug-likeness (QED) is 0.939. The Kier molecular flexibility index (Phi) is 4.27. The number of hydrogen-bond donors (Lipinski definition) is 1. The molecule has 3 nitrogen and oxygen atoms in total. The summed E-state index contributed by atoms with van der Waals surface area (Å²) in [6.45, 7) is 0. The lowest BCUT2D eigenvalue weighted by Gasteiger charge is -2.26. The van der Waals surface area contributed by atoms with Crippen LogP contribution in [0.25, 0.3) is 0 Å². The van der Waals surface area contributed by atoms with Crippen LogP contribution in [-0.2, 0) is 22.2 Å². The maximum Gasteiger partial charge on any atom is 0.216 e. The van der Waals surface area contributed by atoms with E-state index in [9.17, 15) is 12.8 Å². The summed E-state index contributed by atoms with van der Waals surface area (Å²) in [7, 11) is -3.59. The van der Waals surface area contributed by atoms with Gasteiger partial charge in [-0.3, -0.25) is 0 Å². The summed E-state index contributed by atoms with van der Waals surface area (Å²) in [6.07, 6.45) is 2.69. The molecule has 1 atom stereocenters. The summed E-state index contributed by atoms with van der Waals surface area (Å²) >= 11 is 0. The second-order valence-electron chi connectivity index (χ2n) is 5.61. The molecule has 1 N–H and O–H groups in total. The fourth-order valence-corrected chi connectivity index (χ4v) is 4.36. The second-order valence-corrected chi connectivity index (χ2v) is 7.37. The van der Waals surface area contributed by atoms with Crippen molar-refractivity contribution in [3.8, 4) is 0 Å². The lowest BCUT2D eigenvalue weighted by atomic mass is 9.88. The highest BCUT2D eigenvalue weighted by Gasteiger charge is 2.25. The minimum absolute atomic E-state index is 0.194. The van der Waals surface area contributed by atoms with Gasteiger partial charge in [0.25, 0.3) is 0 Å². The van der Waals surface area contributed by atoms with Gasteiger partial charge in [0.1, 0.15) is 5.82 Å². The average molecular weight is 319 g/mol. The zero-order chi connectivity index (χ0) is 15.6. The van der Waals surface area contributed by atoms with Crippen molar-refractivity contribution >= 4 is 10.0 Å². The molecular formula is C17H18FNO2S. The molecule has 0 fully saturated rings. The van der Waals surface area contributed by atoms with Gasteiger partial charge in [0.05, 0.1) is 5.75 Å². The normalized spacial score (nSPS) is 18.0. The first-order chi connectivity index (χ1) is 10.6. The molecule has 0 spiro atoms. The molecule has 0 bridgehead atoms. The zero-order valence-corrected chi connectivity index (χ0v) is 12.9. The first-order valence-electron chi connectivity index (χ1n) is 7.36. The van der Waals surface area contributed by atoms with E-state index in [2.05, 4.69) is 4.72 Å². The Morgan fingerprint density at radius 3 is 2.64 bits per heavy atom. The van der Waals surface area contributed by atoms with Gasteiger partial charge in [-0.15, -0.1) is 0 Å². The smallest absolute Gasteiger partial charge is 0.212 e. The Morgan fingerprint density at radius 2 is 1.82 bits per heavy atom. The zero-order valence-electron chi connectivity index (χ0n) is 12.1. The van der Waals surface area contributed by atoms with Crippen molar-refractivity contribution in [2.75, 3.05) is 0 Å². The highest BCUT2D eigenvalue weighted by molar-refractivity contribution is 7.88. The van der Waals surface area contributed by atoms with Crippen LogP contribution >= 0.6 is 0 Å². The van der Waals surface area contributed by atoms with E-state index < -0.39 is 15.8 Å². The van der Waals surface area contributed by atoms with Gasteiger partial charge in [0.2, 0.25) is 10.0 Å². The molecule has 116 valence electrons. The number of fused-ring (bicyclic) bond motifs is 1. The number of benzene rings is 2. The molecule has 0 aliphatic heterocycles. The Morgan fingerprint density at radius 1 is 1.09 bits per heavy atom. The molecule has 0 radical (unpaired) electrons. The third-order valence-corrected chi connectivity index (χ3v) is 5.33. The SMILES string of the molecule is O=S(=O)(Cc1ccccc1F)N[C@@H]1CCCc2ccccc21. The van der Waals surface area contributed by atoms with Crippen molar-refractivity contribution in [3.05, 3.63) is 71.0 Å². The van der Waals surface area contributed by atoms with Crippen molar-refractivity contribution in [1.29, 1.82) is 0 Å². The summed E-state index contributed by atoms with van der Waals surface area (Å²) < 4.78 is 41.1. The summed E-state index contributed by atoms with van der Waals surface area (Å²) in [5.41, 5.74) is 2.41. The van der Waals surface area contributed by atoms with Crippen LogP contribution in [-0.4, -0.2) is 8.42 Å². The lowest BCUT2D eigenvalue weighted by molar-refractivity contribution is 0.506. The van der Waals surface area contributed by atoms with Gasteiger partial charge in [0.15, 0.2) is 0 Å². The van der Waals surface area contributed by atoms with Crippen LogP contribution in [0.3, 0.4) is 0 Å². The molecule has 0 aromatic heterocycles. The first-order valence-corrected chi connectivity index (χ1v) is 9.01. The Balaban J connectivity index is 1.80. The van der Waals surface area contributed by atoms with Crippen molar-refractivity contribution in [2.24, 2.45) is 0 Å². The molecule has 0 unspecified atom stereocenters. The lowest BCUT2D eigenvalue weighted by Crippen LogP contribution is -2.32. The summed E-state index contributed by atoms with van der Waals surface area (Å²) in [5.74, 6) is -0.824. The Bertz CT molecular complexity index is 774. The van der Waals surface area contributed by atoms with Crippen molar-refractivity contribution in [3.63, 3.8) is 0 Å². The van der Waals surface area contributed by atoms with E-state index in [1.54, 1.807) is 12.1 Å². The van der Waals surface area contributed by atoms with Gasteiger partial charge in [-0.1, -0.05) is 42.5 Å². The molecule has 3 rings (SSSR count). The molecule has 1 aliphatic rings. The molecule has 0 saturated carbocycles. The number of rotatable bonds is 4. The van der Waals surface area contributed by atoms with Crippen LogP contribution in [0.15, 0.2) is 48.5 Å². The van der Waals surface area contributed by atoms with E-state index in [1.165, 1.54) is 17.7 Å². The topological polar surface area (TPSA) is 46.2 Å². The third kappa shape index (κ3) is 3.36. The second kappa shape index (κ2) is 6.18. The molecule has 0 saturated heterocycles. The summed E-state index contributed by atoms with van der Waals surface area (Å²) in [4.78, 5) is 0. The molecule has 2 aromatic rings. The van der Waals surface area contributed by atoms with Crippen LogP contribution in [0.4, 0.5) is 4.39 Å². The van der Waals surface area contributed by atoms with Crippen molar-refractivity contribution < 1.29 is 12.8 Å². The monoisotopic (exact) mass is 319 g/mol. The Labute approximate surface area is 130 Å². The first kappa shape index (κ1) is 15.2. The molecule has 22 heavy (non-hydrogen) atoms. The van der Waals surface area contributed by atoms with E-state index >= 15 is 0 Å². The summed E-state index contributed by atoms with van der Waals surface area (Å²) in [5, 5.41) is 0. The molecular weight excluding hydrogens is 301 g/mol. The number of aryl methyl sites for hydroxylation is 1. The van der Waals surface area contributed by atoms with Gasteiger partial charge < -0.3 is 0 Å². The molecule has 1 aliphatic carbocycles. The van der Waals surface area contributed by atoms with E-state index in [4.69, 9.17) is 0 Å². The van der Waals surface area contributed by atoms with Crippen LogP contribution in [0.5, 0.6) is 0 Å². The predicted octanol–water partition coefficient (Wildman–Crippen LogP) is 3.32. The molecule has 5 heteroatoms. The molecule has 0 heterocycles. The predicted molar refractivity (Wildman–Crippen MR) is 84.3 cm³/mol. The minimum atomic E-state index is -3.59. The average Bonchev–Trinajstić information content (AvgIpc) is 2.49. The fourth-order valence-electron chi connectivity index (χ4n) is 2.95. The van der Waals surface area contributed by atoms with Crippen molar-refractivity contribution in [1.82, 2.24) is 4.72 Å². The van der Waals surface area contributed by atoms with Crippen LogP contribution in [0.2, 0.25) is 0 Å². The van der Waals surface area contributed by atoms with Gasteiger partial charge in [-0.25, -0.2) is 17.5 Å². The Hall–Kier alpha value is -1.72.